The van der Waals surface area contributed by atoms with Crippen molar-refractivity contribution in [2.45, 2.75) is 18.2 Å². The molecule has 3 aromatic carbocycles. The Bertz CT molecular complexity index is 1500. The highest BCUT2D eigenvalue weighted by molar-refractivity contribution is 7.99. The molecule has 0 amide bonds. The molecule has 35 heavy (non-hydrogen) atoms. The van der Waals surface area contributed by atoms with Crippen molar-refractivity contribution >= 4 is 22.7 Å². The number of H-pyrrole nitrogens is 1. The number of aliphatic hydroxyl groups excluding tert-OH is 1. The summed E-state index contributed by atoms with van der Waals surface area (Å²) in [6, 6.07) is 25.2. The molecule has 0 aliphatic carbocycles. The van der Waals surface area contributed by atoms with Crippen LogP contribution in [-0.2, 0) is 0 Å². The molecule has 0 aliphatic heterocycles. The first-order chi connectivity index (χ1) is 17.1. The van der Waals surface area contributed by atoms with Crippen LogP contribution in [0.4, 0.5) is 0 Å². The third-order valence-electron chi connectivity index (χ3n) is 5.55. The minimum absolute atomic E-state index is 0.132. The number of thioether (sulfide) groups is 1. The number of rotatable bonds is 8. The Hall–Kier alpha value is -4.06. The van der Waals surface area contributed by atoms with Gasteiger partial charge < -0.3 is 14.8 Å². The predicted octanol–water partition coefficient (Wildman–Crippen LogP) is 5.13. The van der Waals surface area contributed by atoms with E-state index in [0.717, 1.165) is 33.5 Å². The fraction of sp³-hybridized carbons (Fsp3) is 0.148. The molecule has 0 radical (unpaired) electrons. The van der Waals surface area contributed by atoms with E-state index in [2.05, 4.69) is 46.4 Å². The number of aryl methyl sites for hydroxylation is 1. The fourth-order valence-electron chi connectivity index (χ4n) is 3.83. The van der Waals surface area contributed by atoms with Gasteiger partial charge in [-0.3, -0.25) is 4.57 Å². The molecular formula is C27H23N5O2S. The maximum Gasteiger partial charge on any atom is 0.196 e. The topological polar surface area (TPSA) is 99.8 Å². The summed E-state index contributed by atoms with van der Waals surface area (Å²) in [5.41, 5.74) is 4.65. The number of nitrogens with zero attached hydrogens (tertiary/aromatic N) is 4. The Morgan fingerprint density at radius 1 is 1.09 bits per heavy atom. The summed E-state index contributed by atoms with van der Waals surface area (Å²) in [6.07, 6.45) is 1.24. The van der Waals surface area contributed by atoms with Gasteiger partial charge in [0, 0.05) is 34.1 Å². The van der Waals surface area contributed by atoms with Crippen molar-refractivity contribution in [2.24, 2.45) is 0 Å². The minimum Gasteiger partial charge on any atom is -0.491 e. The van der Waals surface area contributed by atoms with Crippen LogP contribution in [0.25, 0.3) is 28.0 Å². The number of aromatic amines is 1. The molecule has 0 spiro atoms. The summed E-state index contributed by atoms with van der Waals surface area (Å²) in [5, 5.41) is 30.2. The molecule has 2 aromatic heterocycles. The smallest absolute Gasteiger partial charge is 0.196 e. The van der Waals surface area contributed by atoms with E-state index in [9.17, 15) is 5.11 Å². The zero-order valence-corrected chi connectivity index (χ0v) is 19.9. The molecule has 1 atom stereocenters. The average Bonchev–Trinajstić information content (AvgIpc) is 3.50. The van der Waals surface area contributed by atoms with Crippen LogP contribution in [0.1, 0.15) is 11.1 Å². The molecule has 0 aliphatic rings. The lowest BCUT2D eigenvalue weighted by atomic mass is 10.1. The lowest BCUT2D eigenvalue weighted by molar-refractivity contribution is 0.126. The lowest BCUT2D eigenvalue weighted by Gasteiger charge is -2.14. The minimum atomic E-state index is -0.713. The maximum absolute atomic E-state index is 10.5. The summed E-state index contributed by atoms with van der Waals surface area (Å²) in [7, 11) is 0. The van der Waals surface area contributed by atoms with Gasteiger partial charge in [-0.1, -0.05) is 42.1 Å². The standard InChI is InChI=1S/C27H23N5O2S/c1-18-5-4-6-20(13-18)32-26(24-15-29-25-8-3-2-7-23(24)25)30-31-27(32)35-17-21(33)16-34-22-11-9-19(14-28)10-12-22/h2-13,15,21,29,33H,16-17H2,1H3. The Balaban J connectivity index is 1.38. The zero-order valence-electron chi connectivity index (χ0n) is 19.0. The van der Waals surface area contributed by atoms with Crippen LogP contribution in [-0.4, -0.2) is 43.3 Å². The van der Waals surface area contributed by atoms with Crippen LogP contribution in [0.5, 0.6) is 5.75 Å². The third kappa shape index (κ3) is 4.92. The lowest BCUT2D eigenvalue weighted by Crippen LogP contribution is -2.20. The van der Waals surface area contributed by atoms with Crippen molar-refractivity contribution in [3.63, 3.8) is 0 Å². The van der Waals surface area contributed by atoms with E-state index in [1.807, 2.05) is 41.1 Å². The molecule has 0 saturated carbocycles. The molecule has 1 unspecified atom stereocenters. The zero-order chi connectivity index (χ0) is 24.2. The van der Waals surface area contributed by atoms with Gasteiger partial charge >= 0.3 is 0 Å². The third-order valence-corrected chi connectivity index (χ3v) is 6.63. The van der Waals surface area contributed by atoms with Crippen LogP contribution < -0.4 is 4.74 Å². The number of aliphatic hydroxyl groups is 1. The predicted molar refractivity (Wildman–Crippen MR) is 137 cm³/mol. The highest BCUT2D eigenvalue weighted by Gasteiger charge is 2.20. The van der Waals surface area contributed by atoms with E-state index in [0.29, 0.717) is 22.2 Å². The number of benzene rings is 3. The monoisotopic (exact) mass is 481 g/mol. The van der Waals surface area contributed by atoms with E-state index in [1.54, 1.807) is 24.3 Å². The van der Waals surface area contributed by atoms with Gasteiger partial charge in [0.05, 0.1) is 17.7 Å². The molecule has 0 saturated heterocycles. The number of fused-ring (bicyclic) bond motifs is 1. The van der Waals surface area contributed by atoms with Gasteiger partial charge in [-0.15, -0.1) is 10.2 Å². The Morgan fingerprint density at radius 3 is 2.71 bits per heavy atom. The molecule has 0 bridgehead atoms. The second-order valence-corrected chi connectivity index (χ2v) is 9.13. The molecule has 7 nitrogen and oxygen atoms in total. The highest BCUT2D eigenvalue weighted by atomic mass is 32.2. The number of aromatic nitrogens is 4. The molecule has 5 aromatic rings. The first kappa shape index (κ1) is 22.7. The van der Waals surface area contributed by atoms with E-state index < -0.39 is 6.10 Å². The number of para-hydroxylation sites is 1. The van der Waals surface area contributed by atoms with Gasteiger partial charge in [0.15, 0.2) is 11.0 Å². The summed E-state index contributed by atoms with van der Waals surface area (Å²) >= 11 is 1.43. The molecule has 2 heterocycles. The summed E-state index contributed by atoms with van der Waals surface area (Å²) in [6.45, 7) is 2.18. The highest BCUT2D eigenvalue weighted by Crippen LogP contribution is 2.32. The number of hydrogen-bond donors (Lipinski definition) is 2. The van der Waals surface area contributed by atoms with E-state index >= 15 is 0 Å². The Kier molecular flexibility index (Phi) is 6.53. The van der Waals surface area contributed by atoms with Crippen molar-refractivity contribution in [1.29, 1.82) is 5.26 Å². The Morgan fingerprint density at radius 2 is 1.91 bits per heavy atom. The average molecular weight is 482 g/mol. The van der Waals surface area contributed by atoms with Crippen molar-refractivity contribution < 1.29 is 9.84 Å². The van der Waals surface area contributed by atoms with Crippen LogP contribution in [0.2, 0.25) is 0 Å². The van der Waals surface area contributed by atoms with Crippen LogP contribution in [0.15, 0.2) is 84.1 Å². The largest absolute Gasteiger partial charge is 0.491 e. The van der Waals surface area contributed by atoms with Crippen molar-refractivity contribution in [3.8, 4) is 28.9 Å². The molecular weight excluding hydrogens is 458 g/mol. The summed E-state index contributed by atoms with van der Waals surface area (Å²) < 4.78 is 7.71. The number of nitriles is 1. The first-order valence-corrected chi connectivity index (χ1v) is 12.1. The van der Waals surface area contributed by atoms with Gasteiger partial charge in [0.25, 0.3) is 0 Å². The SMILES string of the molecule is Cc1cccc(-n2c(SCC(O)COc3ccc(C#N)cc3)nnc2-c2c[nH]c3ccccc23)c1. The number of hydrogen-bond acceptors (Lipinski definition) is 6. The van der Waals surface area contributed by atoms with E-state index in [-0.39, 0.29) is 6.61 Å². The van der Waals surface area contributed by atoms with Crippen LogP contribution in [0, 0.1) is 18.3 Å². The normalized spacial score (nSPS) is 11.9. The van der Waals surface area contributed by atoms with Gasteiger partial charge in [-0.05, 0) is 55.0 Å². The fourth-order valence-corrected chi connectivity index (χ4v) is 4.69. The van der Waals surface area contributed by atoms with Crippen molar-refractivity contribution in [1.82, 2.24) is 19.7 Å². The van der Waals surface area contributed by atoms with Gasteiger partial charge in [-0.2, -0.15) is 5.26 Å². The van der Waals surface area contributed by atoms with E-state index in [1.165, 1.54) is 11.8 Å². The Labute approximate surface area is 207 Å². The summed E-state index contributed by atoms with van der Waals surface area (Å²) in [4.78, 5) is 3.31. The molecule has 8 heteroatoms. The molecule has 0 fully saturated rings. The molecule has 2 N–H and O–H groups in total. The molecule has 5 rings (SSSR count). The van der Waals surface area contributed by atoms with Crippen molar-refractivity contribution in [2.75, 3.05) is 12.4 Å². The van der Waals surface area contributed by atoms with Crippen molar-refractivity contribution in [3.05, 3.63) is 90.1 Å². The first-order valence-electron chi connectivity index (χ1n) is 11.1. The van der Waals surface area contributed by atoms with Gasteiger partial charge in [0.1, 0.15) is 12.4 Å². The number of nitrogens with one attached hydrogen (secondary N) is 1. The van der Waals surface area contributed by atoms with Crippen LogP contribution in [0.3, 0.4) is 0 Å². The quantitative estimate of drug-likeness (QED) is 0.298. The van der Waals surface area contributed by atoms with Crippen LogP contribution >= 0.6 is 11.8 Å². The summed E-state index contributed by atoms with van der Waals surface area (Å²) in [5.74, 6) is 1.73. The van der Waals surface area contributed by atoms with Gasteiger partial charge in [-0.25, -0.2) is 0 Å². The maximum atomic E-state index is 10.5. The van der Waals surface area contributed by atoms with E-state index in [4.69, 9.17) is 10.00 Å². The second kappa shape index (κ2) is 10.1. The second-order valence-electron chi connectivity index (χ2n) is 8.14. The van der Waals surface area contributed by atoms with Gasteiger partial charge in [0.2, 0.25) is 0 Å². The number of ether oxygens (including phenoxy) is 1. The molecule has 174 valence electrons.